The summed E-state index contributed by atoms with van der Waals surface area (Å²) < 4.78 is 15.4. The average molecular weight is 453 g/mol. The van der Waals surface area contributed by atoms with Gasteiger partial charge in [-0.2, -0.15) is 0 Å². The molecule has 0 fully saturated rings. The standard InChI is InChI=1S/C24H22BrFN2O/c1-2-15-7-9-16(10-8-15)21-14-22(19-13-17(25)11-12-23(19)29)28-24(27-21)18-5-3-4-6-20(18)26/h3-13,22,24,28-29H,2,14H2,1H3/t22-,24-/m1/s1. The summed E-state index contributed by atoms with van der Waals surface area (Å²) in [6.07, 6.45) is 1.04. The van der Waals surface area contributed by atoms with Gasteiger partial charge in [0.1, 0.15) is 17.7 Å². The van der Waals surface area contributed by atoms with Gasteiger partial charge in [-0.15, -0.1) is 0 Å². The summed E-state index contributed by atoms with van der Waals surface area (Å²) in [7, 11) is 0. The Balaban J connectivity index is 1.77. The molecule has 0 radical (unpaired) electrons. The number of halogens is 2. The molecule has 2 N–H and O–H groups in total. The molecule has 1 aliphatic heterocycles. The van der Waals surface area contributed by atoms with E-state index in [1.54, 1.807) is 24.3 Å². The first-order chi connectivity index (χ1) is 14.0. The number of nitrogens with one attached hydrogen (secondary N) is 1. The fraction of sp³-hybridized carbons (Fsp3) is 0.208. The van der Waals surface area contributed by atoms with Gasteiger partial charge in [-0.25, -0.2) is 4.39 Å². The molecule has 0 aliphatic carbocycles. The Labute approximate surface area is 178 Å². The SMILES string of the molecule is CCc1ccc(C2=N[C@@H](c3ccccc3F)N[C@@H](c3cc(Br)ccc3O)C2)cc1. The highest BCUT2D eigenvalue weighted by Crippen LogP contribution is 2.36. The third-order valence-electron chi connectivity index (χ3n) is 5.30. The van der Waals surface area contributed by atoms with Crippen LogP contribution in [-0.2, 0) is 6.42 Å². The highest BCUT2D eigenvalue weighted by atomic mass is 79.9. The predicted molar refractivity (Wildman–Crippen MR) is 118 cm³/mol. The van der Waals surface area contributed by atoms with Crippen molar-refractivity contribution < 1.29 is 9.50 Å². The third-order valence-corrected chi connectivity index (χ3v) is 5.79. The summed E-state index contributed by atoms with van der Waals surface area (Å²) >= 11 is 3.48. The molecule has 0 aromatic heterocycles. The number of hydrogen-bond donors (Lipinski definition) is 2. The van der Waals surface area contributed by atoms with Crippen molar-refractivity contribution >= 4 is 21.6 Å². The second kappa shape index (κ2) is 8.47. The second-order valence-electron chi connectivity index (χ2n) is 7.18. The largest absolute Gasteiger partial charge is 0.508 e. The lowest BCUT2D eigenvalue weighted by Gasteiger charge is -2.31. The molecule has 0 unspecified atom stereocenters. The quantitative estimate of drug-likeness (QED) is 0.503. The van der Waals surface area contributed by atoms with Crippen LogP contribution in [-0.4, -0.2) is 10.8 Å². The van der Waals surface area contributed by atoms with E-state index in [1.165, 1.54) is 11.6 Å². The monoisotopic (exact) mass is 452 g/mol. The van der Waals surface area contributed by atoms with Crippen molar-refractivity contribution in [1.29, 1.82) is 0 Å². The zero-order valence-corrected chi connectivity index (χ0v) is 17.7. The minimum absolute atomic E-state index is 0.199. The maximum absolute atomic E-state index is 14.5. The molecule has 29 heavy (non-hydrogen) atoms. The van der Waals surface area contributed by atoms with Gasteiger partial charge >= 0.3 is 0 Å². The average Bonchev–Trinajstić information content (AvgIpc) is 2.75. The van der Waals surface area contributed by atoms with Gasteiger partial charge in [-0.1, -0.05) is 65.3 Å². The van der Waals surface area contributed by atoms with Crippen LogP contribution in [0.15, 0.2) is 76.2 Å². The zero-order chi connectivity index (χ0) is 20.4. The molecule has 0 amide bonds. The summed E-state index contributed by atoms with van der Waals surface area (Å²) in [5.41, 5.74) is 4.43. The van der Waals surface area contributed by atoms with E-state index in [2.05, 4.69) is 52.4 Å². The lowest BCUT2D eigenvalue weighted by atomic mass is 9.93. The summed E-state index contributed by atoms with van der Waals surface area (Å²) in [4.78, 5) is 4.84. The number of hydrogen-bond acceptors (Lipinski definition) is 3. The van der Waals surface area contributed by atoms with Crippen LogP contribution in [0.4, 0.5) is 4.39 Å². The van der Waals surface area contributed by atoms with Crippen LogP contribution in [0.5, 0.6) is 5.75 Å². The smallest absolute Gasteiger partial charge is 0.129 e. The van der Waals surface area contributed by atoms with Crippen LogP contribution in [0, 0.1) is 5.82 Å². The fourth-order valence-electron chi connectivity index (χ4n) is 3.67. The number of phenolic OH excluding ortho intramolecular Hbond substituents is 1. The first kappa shape index (κ1) is 19.8. The minimum Gasteiger partial charge on any atom is -0.508 e. The van der Waals surface area contributed by atoms with Gasteiger partial charge in [0.2, 0.25) is 0 Å². The molecule has 1 aliphatic rings. The highest BCUT2D eigenvalue weighted by Gasteiger charge is 2.29. The Morgan fingerprint density at radius 1 is 1.07 bits per heavy atom. The van der Waals surface area contributed by atoms with Crippen molar-refractivity contribution in [3.05, 3.63) is 99.3 Å². The van der Waals surface area contributed by atoms with Gasteiger partial charge in [0.25, 0.3) is 0 Å². The Morgan fingerprint density at radius 3 is 2.55 bits per heavy atom. The van der Waals surface area contributed by atoms with Gasteiger partial charge in [0.15, 0.2) is 0 Å². The normalized spacial score (nSPS) is 19.1. The molecule has 0 saturated heterocycles. The van der Waals surface area contributed by atoms with Crippen molar-refractivity contribution in [1.82, 2.24) is 5.32 Å². The van der Waals surface area contributed by atoms with E-state index in [9.17, 15) is 9.50 Å². The Hall–Kier alpha value is -2.50. The van der Waals surface area contributed by atoms with Crippen LogP contribution in [0.1, 0.15) is 47.8 Å². The number of aryl methyl sites for hydroxylation is 1. The first-order valence-electron chi connectivity index (χ1n) is 9.70. The van der Waals surface area contributed by atoms with Crippen LogP contribution < -0.4 is 5.32 Å². The number of nitrogens with zero attached hydrogens (tertiary/aromatic N) is 1. The van der Waals surface area contributed by atoms with E-state index in [0.29, 0.717) is 12.0 Å². The molecule has 148 valence electrons. The van der Waals surface area contributed by atoms with E-state index in [4.69, 9.17) is 4.99 Å². The van der Waals surface area contributed by atoms with Crippen molar-refractivity contribution in [2.75, 3.05) is 0 Å². The molecule has 0 spiro atoms. The van der Waals surface area contributed by atoms with Crippen molar-refractivity contribution in [3.63, 3.8) is 0 Å². The highest BCUT2D eigenvalue weighted by molar-refractivity contribution is 9.10. The molecule has 0 saturated carbocycles. The molecular formula is C24H22BrFN2O. The molecule has 3 aromatic rings. The van der Waals surface area contributed by atoms with E-state index >= 15 is 0 Å². The van der Waals surface area contributed by atoms with E-state index < -0.39 is 6.17 Å². The molecule has 0 bridgehead atoms. The minimum atomic E-state index is -0.533. The zero-order valence-electron chi connectivity index (χ0n) is 16.1. The Kier molecular flexibility index (Phi) is 5.79. The topological polar surface area (TPSA) is 44.6 Å². The summed E-state index contributed by atoms with van der Waals surface area (Å²) in [5, 5.41) is 13.9. The number of aliphatic imine (C=N–C) groups is 1. The first-order valence-corrected chi connectivity index (χ1v) is 10.5. The van der Waals surface area contributed by atoms with Gasteiger partial charge in [0.05, 0.1) is 0 Å². The van der Waals surface area contributed by atoms with Gasteiger partial charge in [-0.3, -0.25) is 10.3 Å². The van der Waals surface area contributed by atoms with Crippen LogP contribution in [0.25, 0.3) is 0 Å². The molecule has 5 heteroatoms. The fourth-order valence-corrected chi connectivity index (χ4v) is 4.05. The maximum Gasteiger partial charge on any atom is 0.129 e. The van der Waals surface area contributed by atoms with Crippen LogP contribution >= 0.6 is 15.9 Å². The van der Waals surface area contributed by atoms with Gasteiger partial charge in [0, 0.05) is 33.8 Å². The third kappa shape index (κ3) is 4.26. The lowest BCUT2D eigenvalue weighted by Crippen LogP contribution is -2.33. The number of rotatable bonds is 4. The van der Waals surface area contributed by atoms with Gasteiger partial charge < -0.3 is 5.11 Å². The summed E-state index contributed by atoms with van der Waals surface area (Å²) in [6, 6.07) is 20.2. The molecule has 3 nitrogen and oxygen atoms in total. The molecule has 1 heterocycles. The summed E-state index contributed by atoms with van der Waals surface area (Å²) in [6.45, 7) is 2.12. The number of benzene rings is 3. The second-order valence-corrected chi connectivity index (χ2v) is 8.09. The molecular weight excluding hydrogens is 431 g/mol. The van der Waals surface area contributed by atoms with Gasteiger partial charge in [-0.05, 0) is 41.8 Å². The van der Waals surface area contributed by atoms with E-state index in [0.717, 1.165) is 27.7 Å². The Morgan fingerprint density at radius 2 is 1.83 bits per heavy atom. The van der Waals surface area contributed by atoms with Crippen LogP contribution in [0.3, 0.4) is 0 Å². The number of phenols is 1. The Bertz CT molecular complexity index is 1050. The van der Waals surface area contributed by atoms with Crippen molar-refractivity contribution in [3.8, 4) is 5.75 Å². The van der Waals surface area contributed by atoms with E-state index in [1.807, 2.05) is 12.1 Å². The molecule has 4 rings (SSSR count). The van der Waals surface area contributed by atoms with Crippen molar-refractivity contribution in [2.45, 2.75) is 32.0 Å². The maximum atomic E-state index is 14.5. The summed E-state index contributed by atoms with van der Waals surface area (Å²) in [5.74, 6) is -0.0888. The van der Waals surface area contributed by atoms with Crippen LogP contribution in [0.2, 0.25) is 0 Å². The van der Waals surface area contributed by atoms with Crippen molar-refractivity contribution in [2.24, 2.45) is 4.99 Å². The predicted octanol–water partition coefficient (Wildman–Crippen LogP) is 6.08. The number of aromatic hydroxyl groups is 1. The lowest BCUT2D eigenvalue weighted by molar-refractivity contribution is 0.405. The molecule has 2 atom stereocenters. The molecule has 3 aromatic carbocycles. The van der Waals surface area contributed by atoms with E-state index in [-0.39, 0.29) is 17.6 Å².